The lowest BCUT2D eigenvalue weighted by atomic mass is 10.0. The van der Waals surface area contributed by atoms with E-state index in [0.717, 1.165) is 28.2 Å². The molecular formula is C26H23N5. The molecule has 0 aliphatic heterocycles. The van der Waals surface area contributed by atoms with Crippen LogP contribution in [0, 0.1) is 5.41 Å². The van der Waals surface area contributed by atoms with E-state index in [2.05, 4.69) is 33.5 Å². The molecule has 0 bridgehead atoms. The smallest absolute Gasteiger partial charge is 0.129 e. The third-order valence-electron chi connectivity index (χ3n) is 5.48. The summed E-state index contributed by atoms with van der Waals surface area (Å²) >= 11 is 0. The van der Waals surface area contributed by atoms with E-state index in [4.69, 9.17) is 10.4 Å². The van der Waals surface area contributed by atoms with Crippen molar-refractivity contribution in [2.75, 3.05) is 0 Å². The molecule has 2 aromatic heterocycles. The summed E-state index contributed by atoms with van der Waals surface area (Å²) in [7, 11) is 0. The van der Waals surface area contributed by atoms with Crippen molar-refractivity contribution in [2.24, 2.45) is 0 Å². The number of benzene rings is 3. The van der Waals surface area contributed by atoms with E-state index in [1.165, 1.54) is 10.9 Å². The van der Waals surface area contributed by atoms with Crippen LogP contribution in [-0.4, -0.2) is 20.8 Å². The molecule has 3 aromatic carbocycles. The van der Waals surface area contributed by atoms with Crippen LogP contribution >= 0.6 is 0 Å². The zero-order chi connectivity index (χ0) is 21.0. The Labute approximate surface area is 180 Å². The SMILES string of the molecule is N=C(N[C@H](Cc1c[nH]c2ccccc12)c1nc(-c2ccccc2)c[nH]1)c1ccccc1. The van der Waals surface area contributed by atoms with Crippen LogP contribution in [0.5, 0.6) is 0 Å². The van der Waals surface area contributed by atoms with Crippen LogP contribution in [0.25, 0.3) is 22.2 Å². The van der Waals surface area contributed by atoms with Gasteiger partial charge in [0.2, 0.25) is 0 Å². The van der Waals surface area contributed by atoms with Gasteiger partial charge in [-0.2, -0.15) is 0 Å². The lowest BCUT2D eigenvalue weighted by Gasteiger charge is -2.18. The number of aromatic amines is 2. The van der Waals surface area contributed by atoms with Gasteiger partial charge in [0.15, 0.2) is 0 Å². The molecule has 152 valence electrons. The number of H-pyrrole nitrogens is 2. The minimum absolute atomic E-state index is 0.177. The van der Waals surface area contributed by atoms with Gasteiger partial charge in [0.1, 0.15) is 11.7 Å². The van der Waals surface area contributed by atoms with Crippen molar-refractivity contribution in [1.82, 2.24) is 20.3 Å². The number of hydrogen-bond acceptors (Lipinski definition) is 2. The summed E-state index contributed by atoms with van der Waals surface area (Å²) in [6.45, 7) is 0. The van der Waals surface area contributed by atoms with Crippen LogP contribution in [0.2, 0.25) is 0 Å². The van der Waals surface area contributed by atoms with Crippen LogP contribution < -0.4 is 5.32 Å². The highest BCUT2D eigenvalue weighted by Crippen LogP contribution is 2.25. The zero-order valence-corrected chi connectivity index (χ0v) is 17.0. The van der Waals surface area contributed by atoms with Gasteiger partial charge in [-0.15, -0.1) is 0 Å². The number of fused-ring (bicyclic) bond motifs is 1. The molecule has 31 heavy (non-hydrogen) atoms. The first kappa shape index (κ1) is 18.9. The van der Waals surface area contributed by atoms with E-state index in [1.54, 1.807) is 0 Å². The quantitative estimate of drug-likeness (QED) is 0.224. The topological polar surface area (TPSA) is 80.3 Å². The number of nitrogens with zero attached hydrogens (tertiary/aromatic N) is 1. The Kier molecular flexibility index (Phi) is 5.07. The molecular weight excluding hydrogens is 382 g/mol. The van der Waals surface area contributed by atoms with Crippen molar-refractivity contribution in [3.05, 3.63) is 114 Å². The van der Waals surface area contributed by atoms with Gasteiger partial charge in [-0.1, -0.05) is 78.9 Å². The van der Waals surface area contributed by atoms with Gasteiger partial charge in [-0.25, -0.2) is 4.98 Å². The summed E-state index contributed by atoms with van der Waals surface area (Å²) in [5, 5.41) is 13.2. The number of nitrogens with one attached hydrogen (secondary N) is 4. The van der Waals surface area contributed by atoms with Crippen molar-refractivity contribution in [3.8, 4) is 11.3 Å². The molecule has 0 amide bonds. The molecule has 1 atom stereocenters. The van der Waals surface area contributed by atoms with Crippen LogP contribution in [-0.2, 0) is 6.42 Å². The standard InChI is InChI=1S/C26H23N5/c27-25(19-11-5-2-6-12-19)30-23(15-20-16-28-22-14-8-7-13-21(20)22)26-29-17-24(31-26)18-9-3-1-4-10-18/h1-14,16-17,23,28H,15H2,(H2,27,30)(H,29,31)/t23-/m1/s1. The molecule has 0 radical (unpaired) electrons. The van der Waals surface area contributed by atoms with Gasteiger partial charge in [0.25, 0.3) is 0 Å². The second-order valence-electron chi connectivity index (χ2n) is 7.54. The Bertz CT molecular complexity index is 1300. The molecule has 0 unspecified atom stereocenters. The molecule has 2 heterocycles. The molecule has 0 aliphatic rings. The fourth-order valence-electron chi connectivity index (χ4n) is 3.87. The van der Waals surface area contributed by atoms with Crippen molar-refractivity contribution < 1.29 is 0 Å². The predicted octanol–water partition coefficient (Wildman–Crippen LogP) is 5.46. The number of rotatable bonds is 6. The fourth-order valence-corrected chi connectivity index (χ4v) is 3.87. The average Bonchev–Trinajstić information content (AvgIpc) is 3.48. The summed E-state index contributed by atoms with van der Waals surface area (Å²) in [6.07, 6.45) is 4.67. The Morgan fingerprint density at radius 3 is 2.35 bits per heavy atom. The predicted molar refractivity (Wildman–Crippen MR) is 125 cm³/mol. The average molecular weight is 406 g/mol. The van der Waals surface area contributed by atoms with Gasteiger partial charge < -0.3 is 15.3 Å². The van der Waals surface area contributed by atoms with Crippen LogP contribution in [0.4, 0.5) is 0 Å². The minimum atomic E-state index is -0.177. The van der Waals surface area contributed by atoms with Gasteiger partial charge in [-0.05, 0) is 11.6 Å². The van der Waals surface area contributed by atoms with E-state index in [0.29, 0.717) is 12.3 Å². The number of imidazole rings is 1. The largest absolute Gasteiger partial charge is 0.361 e. The van der Waals surface area contributed by atoms with Crippen molar-refractivity contribution in [2.45, 2.75) is 12.5 Å². The van der Waals surface area contributed by atoms with Crippen molar-refractivity contribution in [3.63, 3.8) is 0 Å². The normalized spacial score (nSPS) is 12.0. The number of amidine groups is 1. The van der Waals surface area contributed by atoms with E-state index in [-0.39, 0.29) is 6.04 Å². The van der Waals surface area contributed by atoms with Gasteiger partial charge in [0.05, 0.1) is 11.7 Å². The Morgan fingerprint density at radius 2 is 1.55 bits per heavy atom. The van der Waals surface area contributed by atoms with Crippen molar-refractivity contribution in [1.29, 1.82) is 5.41 Å². The third kappa shape index (κ3) is 3.98. The molecule has 5 nitrogen and oxygen atoms in total. The molecule has 5 heteroatoms. The van der Waals surface area contributed by atoms with Crippen LogP contribution in [0.1, 0.15) is 23.0 Å². The van der Waals surface area contributed by atoms with E-state index in [1.807, 2.05) is 79.1 Å². The molecule has 5 aromatic rings. The van der Waals surface area contributed by atoms with Crippen LogP contribution in [0.15, 0.2) is 97.3 Å². The van der Waals surface area contributed by atoms with Gasteiger partial charge >= 0.3 is 0 Å². The zero-order valence-electron chi connectivity index (χ0n) is 17.0. The minimum Gasteiger partial charge on any atom is -0.361 e. The van der Waals surface area contributed by atoms with E-state index in [9.17, 15) is 0 Å². The van der Waals surface area contributed by atoms with Gasteiger partial charge in [0, 0.05) is 40.8 Å². The summed E-state index contributed by atoms with van der Waals surface area (Å²) in [5.74, 6) is 1.19. The molecule has 4 N–H and O–H groups in total. The third-order valence-corrected chi connectivity index (χ3v) is 5.48. The second kappa shape index (κ2) is 8.32. The Balaban J connectivity index is 1.48. The molecule has 0 saturated carbocycles. The molecule has 0 aliphatic carbocycles. The summed E-state index contributed by atoms with van der Waals surface area (Å²) in [6, 6.07) is 28.0. The first-order chi connectivity index (χ1) is 15.3. The van der Waals surface area contributed by atoms with E-state index >= 15 is 0 Å². The number of hydrogen-bond donors (Lipinski definition) is 4. The van der Waals surface area contributed by atoms with Gasteiger partial charge in [-0.3, -0.25) is 5.41 Å². The first-order valence-electron chi connectivity index (χ1n) is 10.3. The molecule has 5 rings (SSSR count). The Morgan fingerprint density at radius 1 is 0.839 bits per heavy atom. The molecule has 0 saturated heterocycles. The maximum Gasteiger partial charge on any atom is 0.129 e. The first-order valence-corrected chi connectivity index (χ1v) is 10.3. The highest BCUT2D eigenvalue weighted by Gasteiger charge is 2.20. The number of para-hydroxylation sites is 1. The Hall–Kier alpha value is -4.12. The maximum absolute atomic E-state index is 8.61. The number of aromatic nitrogens is 3. The summed E-state index contributed by atoms with van der Waals surface area (Å²) in [4.78, 5) is 11.6. The highest BCUT2D eigenvalue weighted by molar-refractivity contribution is 5.96. The molecule has 0 spiro atoms. The maximum atomic E-state index is 8.61. The lowest BCUT2D eigenvalue weighted by molar-refractivity contribution is 0.610. The molecule has 0 fully saturated rings. The summed E-state index contributed by atoms with van der Waals surface area (Å²) < 4.78 is 0. The monoisotopic (exact) mass is 405 g/mol. The second-order valence-corrected chi connectivity index (χ2v) is 7.54. The van der Waals surface area contributed by atoms with Crippen molar-refractivity contribution >= 4 is 16.7 Å². The summed E-state index contributed by atoms with van der Waals surface area (Å²) in [5.41, 5.74) is 5.10. The highest BCUT2D eigenvalue weighted by atomic mass is 15.0. The lowest BCUT2D eigenvalue weighted by Crippen LogP contribution is -2.30. The fraction of sp³-hybridized carbons (Fsp3) is 0.0769. The van der Waals surface area contributed by atoms with Crippen LogP contribution in [0.3, 0.4) is 0 Å². The van der Waals surface area contributed by atoms with E-state index < -0.39 is 0 Å².